The number of thiocarbonyl (C=S) groups is 1. The second-order valence-electron chi connectivity index (χ2n) is 4.72. The highest BCUT2D eigenvalue weighted by Crippen LogP contribution is 2.19. The van der Waals surface area contributed by atoms with E-state index in [2.05, 4.69) is 5.32 Å². The lowest BCUT2D eigenvalue weighted by Crippen LogP contribution is -2.20. The number of carbonyl (C=O) groups excluding carboxylic acids is 1. The highest BCUT2D eigenvalue weighted by molar-refractivity contribution is 7.80. The molecule has 0 bridgehead atoms. The van der Waals surface area contributed by atoms with E-state index in [1.165, 1.54) is 12.1 Å². The summed E-state index contributed by atoms with van der Waals surface area (Å²) in [4.78, 5) is 12.3. The number of nitrogens with one attached hydrogen (secondary N) is 1. The van der Waals surface area contributed by atoms with E-state index >= 15 is 0 Å². The third kappa shape index (κ3) is 3.86. The van der Waals surface area contributed by atoms with Crippen LogP contribution < -0.4 is 11.1 Å². The fourth-order valence-corrected chi connectivity index (χ4v) is 2.40. The molecule has 0 saturated heterocycles. The van der Waals surface area contributed by atoms with Gasteiger partial charge in [-0.2, -0.15) is 0 Å². The monoisotopic (exact) mass is 302 g/mol. The summed E-state index contributed by atoms with van der Waals surface area (Å²) in [6.45, 7) is 1.87. The van der Waals surface area contributed by atoms with Crippen molar-refractivity contribution in [3.05, 3.63) is 65.0 Å². The largest absolute Gasteiger partial charge is 0.389 e. The lowest BCUT2D eigenvalue weighted by atomic mass is 10.1. The Morgan fingerprint density at radius 3 is 2.67 bits per heavy atom. The fourth-order valence-electron chi connectivity index (χ4n) is 2.13. The van der Waals surface area contributed by atoms with Crippen LogP contribution in [0.4, 0.5) is 10.1 Å². The molecule has 0 unspecified atom stereocenters. The molecule has 108 valence electrons. The molecule has 0 saturated carbocycles. The maximum absolute atomic E-state index is 13.1. The van der Waals surface area contributed by atoms with Gasteiger partial charge in [0.25, 0.3) is 0 Å². The van der Waals surface area contributed by atoms with Crippen LogP contribution in [0, 0.1) is 12.7 Å². The van der Waals surface area contributed by atoms with Crippen molar-refractivity contribution in [1.82, 2.24) is 0 Å². The van der Waals surface area contributed by atoms with Crippen LogP contribution in [0.3, 0.4) is 0 Å². The number of rotatable bonds is 4. The van der Waals surface area contributed by atoms with E-state index in [0.717, 1.165) is 5.56 Å². The summed E-state index contributed by atoms with van der Waals surface area (Å²) in [7, 11) is 0. The number of hydrogen-bond donors (Lipinski definition) is 2. The molecule has 3 nitrogen and oxygen atoms in total. The number of benzene rings is 2. The number of amides is 1. The predicted molar refractivity (Wildman–Crippen MR) is 85.8 cm³/mol. The molecule has 0 aliphatic carbocycles. The minimum absolute atomic E-state index is 0.0858. The number of hydrogen-bond acceptors (Lipinski definition) is 2. The average Bonchev–Trinajstić information content (AvgIpc) is 2.37. The molecule has 3 N–H and O–H groups in total. The van der Waals surface area contributed by atoms with Crippen LogP contribution in [-0.2, 0) is 11.2 Å². The topological polar surface area (TPSA) is 55.1 Å². The molecule has 0 aliphatic rings. The summed E-state index contributed by atoms with van der Waals surface area (Å²) in [5, 5.41) is 2.77. The highest BCUT2D eigenvalue weighted by Gasteiger charge is 2.11. The zero-order valence-corrected chi connectivity index (χ0v) is 12.3. The van der Waals surface area contributed by atoms with Gasteiger partial charge in [-0.3, -0.25) is 4.79 Å². The maximum atomic E-state index is 13.1. The molecule has 5 heteroatoms. The summed E-state index contributed by atoms with van der Waals surface area (Å²) in [5.74, 6) is -0.608. The number of anilines is 1. The van der Waals surface area contributed by atoms with E-state index in [4.69, 9.17) is 18.0 Å². The first-order valence-electron chi connectivity index (χ1n) is 6.41. The van der Waals surface area contributed by atoms with E-state index in [1.54, 1.807) is 18.2 Å². The van der Waals surface area contributed by atoms with Crippen LogP contribution in [0.15, 0.2) is 42.5 Å². The summed E-state index contributed by atoms with van der Waals surface area (Å²) in [6, 6.07) is 11.4. The molecule has 2 aromatic rings. The Balaban J connectivity index is 2.17. The van der Waals surface area contributed by atoms with Crippen molar-refractivity contribution < 1.29 is 9.18 Å². The van der Waals surface area contributed by atoms with E-state index in [-0.39, 0.29) is 23.1 Å². The highest BCUT2D eigenvalue weighted by atomic mass is 32.1. The van der Waals surface area contributed by atoms with Crippen molar-refractivity contribution in [2.75, 3.05) is 5.32 Å². The lowest BCUT2D eigenvalue weighted by Gasteiger charge is -2.12. The molecule has 1 amide bonds. The number of aryl methyl sites for hydroxylation is 1. The van der Waals surface area contributed by atoms with E-state index in [0.29, 0.717) is 16.8 Å². The molecule has 21 heavy (non-hydrogen) atoms. The second-order valence-corrected chi connectivity index (χ2v) is 5.16. The van der Waals surface area contributed by atoms with Crippen LogP contribution in [0.5, 0.6) is 0 Å². The van der Waals surface area contributed by atoms with Gasteiger partial charge in [-0.15, -0.1) is 0 Å². The van der Waals surface area contributed by atoms with Crippen molar-refractivity contribution in [3.8, 4) is 0 Å². The molecular formula is C16H15FN2OS. The number of carbonyl (C=O) groups is 1. The normalized spacial score (nSPS) is 10.2. The Morgan fingerprint density at radius 1 is 1.29 bits per heavy atom. The van der Waals surface area contributed by atoms with Crippen molar-refractivity contribution >= 4 is 28.8 Å². The van der Waals surface area contributed by atoms with Crippen LogP contribution in [-0.4, -0.2) is 10.9 Å². The molecule has 0 heterocycles. The van der Waals surface area contributed by atoms with Crippen LogP contribution in [0.2, 0.25) is 0 Å². The summed E-state index contributed by atoms with van der Waals surface area (Å²) >= 11 is 5.01. The molecule has 0 radical (unpaired) electrons. The summed E-state index contributed by atoms with van der Waals surface area (Å²) in [5.41, 5.74) is 8.42. The van der Waals surface area contributed by atoms with Gasteiger partial charge < -0.3 is 11.1 Å². The van der Waals surface area contributed by atoms with E-state index < -0.39 is 0 Å². The van der Waals surface area contributed by atoms with Gasteiger partial charge in [0.2, 0.25) is 5.91 Å². The molecular weight excluding hydrogens is 287 g/mol. The summed E-state index contributed by atoms with van der Waals surface area (Å²) in [6.07, 6.45) is 0.0858. The average molecular weight is 302 g/mol. The predicted octanol–water partition coefficient (Wildman–Crippen LogP) is 2.95. The Labute approximate surface area is 128 Å². The van der Waals surface area contributed by atoms with E-state index in [1.807, 2.05) is 19.1 Å². The number of nitrogens with two attached hydrogens (primary N) is 1. The fraction of sp³-hybridized carbons (Fsp3) is 0.125. The minimum Gasteiger partial charge on any atom is -0.389 e. The Morgan fingerprint density at radius 2 is 2.00 bits per heavy atom. The molecule has 2 rings (SSSR count). The van der Waals surface area contributed by atoms with Gasteiger partial charge in [-0.25, -0.2) is 4.39 Å². The lowest BCUT2D eigenvalue weighted by molar-refractivity contribution is -0.115. The third-order valence-corrected chi connectivity index (χ3v) is 3.25. The first kappa shape index (κ1) is 15.1. The first-order chi connectivity index (χ1) is 9.97. The van der Waals surface area contributed by atoms with Gasteiger partial charge in [0.1, 0.15) is 10.8 Å². The minimum atomic E-state index is -0.361. The summed E-state index contributed by atoms with van der Waals surface area (Å²) < 4.78 is 13.1. The Hall–Kier alpha value is -2.27. The quantitative estimate of drug-likeness (QED) is 0.854. The molecule has 0 aliphatic heterocycles. The van der Waals surface area contributed by atoms with Gasteiger partial charge in [0.15, 0.2) is 0 Å². The maximum Gasteiger partial charge on any atom is 0.228 e. The van der Waals surface area contributed by atoms with Crippen molar-refractivity contribution in [1.29, 1.82) is 0 Å². The Kier molecular flexibility index (Phi) is 4.65. The molecule has 0 fully saturated rings. The standard InChI is InChI=1S/C16H15FN2OS/c1-10-4-2-7-13(15(10)16(18)21)19-14(20)9-11-5-3-6-12(17)8-11/h2-8H,9H2,1H3,(H2,18,21)(H,19,20). The number of halogens is 1. The van der Waals surface area contributed by atoms with Crippen molar-refractivity contribution in [3.63, 3.8) is 0 Å². The van der Waals surface area contributed by atoms with Gasteiger partial charge in [0.05, 0.1) is 12.1 Å². The molecule has 0 aromatic heterocycles. The molecule has 0 spiro atoms. The van der Waals surface area contributed by atoms with Crippen LogP contribution >= 0.6 is 12.2 Å². The molecule has 0 atom stereocenters. The smallest absolute Gasteiger partial charge is 0.228 e. The SMILES string of the molecule is Cc1cccc(NC(=O)Cc2cccc(F)c2)c1C(N)=S. The Bertz CT molecular complexity index is 700. The second kappa shape index (κ2) is 6.45. The molecule has 2 aromatic carbocycles. The zero-order chi connectivity index (χ0) is 15.4. The van der Waals surface area contributed by atoms with Crippen molar-refractivity contribution in [2.24, 2.45) is 5.73 Å². The third-order valence-electron chi connectivity index (χ3n) is 3.05. The van der Waals surface area contributed by atoms with Crippen molar-refractivity contribution in [2.45, 2.75) is 13.3 Å². The van der Waals surface area contributed by atoms with Gasteiger partial charge in [0, 0.05) is 5.56 Å². The first-order valence-corrected chi connectivity index (χ1v) is 6.82. The van der Waals surface area contributed by atoms with Gasteiger partial charge in [-0.1, -0.05) is 36.5 Å². The van der Waals surface area contributed by atoms with E-state index in [9.17, 15) is 9.18 Å². The van der Waals surface area contributed by atoms with Gasteiger partial charge in [-0.05, 0) is 36.2 Å². The van der Waals surface area contributed by atoms with Crippen LogP contribution in [0.1, 0.15) is 16.7 Å². The van der Waals surface area contributed by atoms with Crippen LogP contribution in [0.25, 0.3) is 0 Å². The van der Waals surface area contributed by atoms with Gasteiger partial charge >= 0.3 is 0 Å². The zero-order valence-electron chi connectivity index (χ0n) is 11.5.